The maximum Gasteiger partial charge on any atom is 0.328 e. The Kier molecular flexibility index (Phi) is 9.58. The van der Waals surface area contributed by atoms with Gasteiger partial charge in [-0.05, 0) is 31.7 Å². The Bertz CT molecular complexity index is 891. The van der Waals surface area contributed by atoms with Crippen molar-refractivity contribution in [2.75, 3.05) is 39.5 Å². The van der Waals surface area contributed by atoms with Gasteiger partial charge in [-0.3, -0.25) is 19.3 Å². The Morgan fingerprint density at radius 1 is 1.17 bits per heavy atom. The number of aryl methyl sites for hydroxylation is 1. The molecule has 0 spiro atoms. The second kappa shape index (κ2) is 12.6. The molecule has 3 rings (SSSR count). The third-order valence-electron chi connectivity index (χ3n) is 6.40. The molecule has 2 aliphatic rings. The van der Waals surface area contributed by atoms with Crippen molar-refractivity contribution >= 4 is 23.7 Å². The summed E-state index contributed by atoms with van der Waals surface area (Å²) in [7, 11) is 0. The lowest BCUT2D eigenvalue weighted by Crippen LogP contribution is -2.54. The molecule has 0 aliphatic carbocycles. The van der Waals surface area contributed by atoms with Crippen LogP contribution < -0.4 is 10.6 Å². The van der Waals surface area contributed by atoms with Crippen molar-refractivity contribution in [1.29, 1.82) is 0 Å². The summed E-state index contributed by atoms with van der Waals surface area (Å²) < 4.78 is 5.30. The van der Waals surface area contributed by atoms with Gasteiger partial charge in [0.05, 0.1) is 26.4 Å². The van der Waals surface area contributed by atoms with Crippen LogP contribution in [0.2, 0.25) is 0 Å². The zero-order valence-corrected chi connectivity index (χ0v) is 19.9. The molecule has 1 unspecified atom stereocenters. The number of carboxylic acids is 1. The Balaban J connectivity index is 1.66. The third kappa shape index (κ3) is 7.23. The Labute approximate surface area is 204 Å². The SMILES string of the molecule is CC1C[C@H](NC(=O)[C@H](CCc2ccccc2)NC(=O)CN2CCOCC2)C(=O)N1[C@@H](CO)C(=O)O. The highest BCUT2D eigenvalue weighted by Crippen LogP contribution is 2.22. The number of carbonyl (C=O) groups is 4. The number of amides is 3. The molecule has 2 heterocycles. The lowest BCUT2D eigenvalue weighted by Gasteiger charge is -2.28. The molecule has 0 radical (unpaired) electrons. The molecule has 11 nitrogen and oxygen atoms in total. The van der Waals surface area contributed by atoms with E-state index in [1.54, 1.807) is 6.92 Å². The number of likely N-dealkylation sites (tertiary alicyclic amines) is 1. The topological polar surface area (TPSA) is 149 Å². The van der Waals surface area contributed by atoms with Crippen LogP contribution in [-0.4, -0.2) is 107 Å². The van der Waals surface area contributed by atoms with E-state index in [0.717, 1.165) is 10.5 Å². The first kappa shape index (κ1) is 26.6. The zero-order chi connectivity index (χ0) is 25.4. The van der Waals surface area contributed by atoms with Gasteiger partial charge < -0.3 is 30.5 Å². The van der Waals surface area contributed by atoms with Crippen molar-refractivity contribution < 1.29 is 34.1 Å². The maximum absolute atomic E-state index is 13.2. The van der Waals surface area contributed by atoms with E-state index in [0.29, 0.717) is 39.1 Å². The molecule has 2 fully saturated rings. The molecule has 4 N–H and O–H groups in total. The normalized spacial score (nSPS) is 22.5. The van der Waals surface area contributed by atoms with Crippen LogP contribution in [0, 0.1) is 0 Å². The summed E-state index contributed by atoms with van der Waals surface area (Å²) in [6.07, 6.45) is 1.09. The number of nitrogens with one attached hydrogen (secondary N) is 2. The summed E-state index contributed by atoms with van der Waals surface area (Å²) in [4.78, 5) is 53.3. The largest absolute Gasteiger partial charge is 0.480 e. The fraction of sp³-hybridized carbons (Fsp3) is 0.583. The fourth-order valence-electron chi connectivity index (χ4n) is 4.52. The Morgan fingerprint density at radius 2 is 1.86 bits per heavy atom. The van der Waals surface area contributed by atoms with Crippen LogP contribution in [-0.2, 0) is 30.3 Å². The first-order valence-electron chi connectivity index (χ1n) is 11.9. The standard InChI is InChI=1S/C24H34N4O7/c1-16-13-19(23(32)28(16)20(15-29)24(33)34)26-22(31)18(8-7-17-5-3-2-4-6-17)25-21(30)14-27-9-11-35-12-10-27/h2-6,16,18-20,29H,7-15H2,1H3,(H,25,30)(H,26,31)(H,33,34)/t16?,18-,19-,20-/m0/s1. The summed E-state index contributed by atoms with van der Waals surface area (Å²) in [6.45, 7) is 3.46. The van der Waals surface area contributed by atoms with Crippen molar-refractivity contribution in [2.45, 2.75) is 50.4 Å². The number of hydrogen-bond acceptors (Lipinski definition) is 7. The minimum Gasteiger partial charge on any atom is -0.480 e. The van der Waals surface area contributed by atoms with Crippen LogP contribution in [0.3, 0.4) is 0 Å². The van der Waals surface area contributed by atoms with E-state index in [1.807, 2.05) is 35.2 Å². The summed E-state index contributed by atoms with van der Waals surface area (Å²) in [5.41, 5.74) is 1.01. The van der Waals surface area contributed by atoms with Crippen LogP contribution in [0.4, 0.5) is 0 Å². The third-order valence-corrected chi connectivity index (χ3v) is 6.40. The average Bonchev–Trinajstić information content (AvgIpc) is 3.11. The van der Waals surface area contributed by atoms with Gasteiger partial charge >= 0.3 is 5.97 Å². The Hall–Kier alpha value is -3.02. The van der Waals surface area contributed by atoms with E-state index in [4.69, 9.17) is 4.74 Å². The van der Waals surface area contributed by atoms with Gasteiger partial charge in [0.25, 0.3) is 0 Å². The van der Waals surface area contributed by atoms with E-state index in [9.17, 15) is 29.4 Å². The number of hydrogen-bond donors (Lipinski definition) is 4. The van der Waals surface area contributed by atoms with Crippen molar-refractivity contribution in [3.63, 3.8) is 0 Å². The van der Waals surface area contributed by atoms with Crippen LogP contribution in [0.25, 0.3) is 0 Å². The predicted octanol–water partition coefficient (Wildman–Crippen LogP) is -1.01. The number of morpholine rings is 1. The van der Waals surface area contributed by atoms with E-state index < -0.39 is 48.6 Å². The average molecular weight is 491 g/mol. The van der Waals surface area contributed by atoms with Gasteiger partial charge in [-0.2, -0.15) is 0 Å². The van der Waals surface area contributed by atoms with Crippen molar-refractivity contribution in [1.82, 2.24) is 20.4 Å². The highest BCUT2D eigenvalue weighted by Gasteiger charge is 2.44. The van der Waals surface area contributed by atoms with Crippen molar-refractivity contribution in [3.05, 3.63) is 35.9 Å². The fourth-order valence-corrected chi connectivity index (χ4v) is 4.52. The van der Waals surface area contributed by atoms with Gasteiger partial charge in [-0.15, -0.1) is 0 Å². The lowest BCUT2D eigenvalue weighted by molar-refractivity contribution is -0.151. The maximum atomic E-state index is 13.2. The first-order chi connectivity index (χ1) is 16.8. The molecule has 35 heavy (non-hydrogen) atoms. The molecule has 192 valence electrons. The summed E-state index contributed by atoms with van der Waals surface area (Å²) in [5, 5.41) is 24.3. The second-order valence-electron chi connectivity index (χ2n) is 8.96. The molecular formula is C24H34N4O7. The molecule has 0 aromatic heterocycles. The first-order valence-corrected chi connectivity index (χ1v) is 11.9. The van der Waals surface area contributed by atoms with Gasteiger partial charge in [0.15, 0.2) is 6.04 Å². The minimum absolute atomic E-state index is 0.141. The molecule has 2 aliphatic heterocycles. The number of aliphatic hydroxyl groups excluding tert-OH is 1. The number of ether oxygens (including phenoxy) is 1. The van der Waals surface area contributed by atoms with Crippen LogP contribution in [0.5, 0.6) is 0 Å². The number of benzene rings is 1. The van der Waals surface area contributed by atoms with Crippen LogP contribution >= 0.6 is 0 Å². The van der Waals surface area contributed by atoms with Gasteiger partial charge in [0, 0.05) is 19.1 Å². The van der Waals surface area contributed by atoms with Crippen molar-refractivity contribution in [3.8, 4) is 0 Å². The van der Waals surface area contributed by atoms with E-state index in [-0.39, 0.29) is 18.9 Å². The molecule has 0 bridgehead atoms. The number of rotatable bonds is 11. The highest BCUT2D eigenvalue weighted by atomic mass is 16.5. The molecule has 11 heteroatoms. The Morgan fingerprint density at radius 3 is 2.49 bits per heavy atom. The summed E-state index contributed by atoms with van der Waals surface area (Å²) >= 11 is 0. The number of aliphatic carboxylic acids is 1. The summed E-state index contributed by atoms with van der Waals surface area (Å²) in [6, 6.07) is 5.92. The van der Waals surface area contributed by atoms with Crippen molar-refractivity contribution in [2.24, 2.45) is 0 Å². The molecule has 0 saturated carbocycles. The molecule has 1 aromatic carbocycles. The smallest absolute Gasteiger partial charge is 0.328 e. The number of aliphatic hydroxyl groups is 1. The molecule has 3 amide bonds. The number of carboxylic acid groups (broad SMARTS) is 1. The van der Waals surface area contributed by atoms with Gasteiger partial charge in [-0.25, -0.2) is 4.79 Å². The van der Waals surface area contributed by atoms with E-state index in [2.05, 4.69) is 10.6 Å². The lowest BCUT2D eigenvalue weighted by atomic mass is 10.0. The van der Waals surface area contributed by atoms with E-state index >= 15 is 0 Å². The summed E-state index contributed by atoms with van der Waals surface area (Å²) in [5.74, 6) is -2.66. The minimum atomic E-state index is -1.37. The number of nitrogens with zero attached hydrogens (tertiary/aromatic N) is 2. The molecule has 1 aromatic rings. The molecular weight excluding hydrogens is 456 g/mol. The van der Waals surface area contributed by atoms with E-state index in [1.165, 1.54) is 0 Å². The second-order valence-corrected chi connectivity index (χ2v) is 8.96. The van der Waals surface area contributed by atoms with Gasteiger partial charge in [0.2, 0.25) is 17.7 Å². The van der Waals surface area contributed by atoms with Gasteiger partial charge in [-0.1, -0.05) is 30.3 Å². The monoisotopic (exact) mass is 490 g/mol. The predicted molar refractivity (Wildman–Crippen MR) is 125 cm³/mol. The van der Waals surface area contributed by atoms with Crippen LogP contribution in [0.1, 0.15) is 25.3 Å². The van der Waals surface area contributed by atoms with Gasteiger partial charge in [0.1, 0.15) is 12.1 Å². The zero-order valence-electron chi connectivity index (χ0n) is 19.9. The molecule has 2 saturated heterocycles. The number of carbonyl (C=O) groups excluding carboxylic acids is 3. The quantitative estimate of drug-likeness (QED) is 0.308. The highest BCUT2D eigenvalue weighted by molar-refractivity contribution is 5.95. The molecule has 4 atom stereocenters. The van der Waals surface area contributed by atoms with Crippen LogP contribution in [0.15, 0.2) is 30.3 Å².